The van der Waals surface area contributed by atoms with Crippen LogP contribution in [0.1, 0.15) is 19.3 Å². The fourth-order valence-corrected chi connectivity index (χ4v) is 4.36. The van der Waals surface area contributed by atoms with Crippen molar-refractivity contribution in [1.29, 1.82) is 0 Å². The lowest BCUT2D eigenvalue weighted by atomic mass is 10.1. The number of piperidine rings is 1. The SMILES string of the molecule is O=S(=O)(CC1CCCCN1)Nc1ccccc1SC(F)F. The minimum Gasteiger partial charge on any atom is -0.313 e. The number of para-hydroxylation sites is 1. The molecule has 0 aromatic heterocycles. The highest BCUT2D eigenvalue weighted by Crippen LogP contribution is 2.32. The average molecular weight is 336 g/mol. The molecule has 4 nitrogen and oxygen atoms in total. The maximum absolute atomic E-state index is 12.5. The number of sulfonamides is 1. The Hall–Kier alpha value is -0.860. The monoisotopic (exact) mass is 336 g/mol. The van der Waals surface area contributed by atoms with Crippen molar-refractivity contribution in [2.75, 3.05) is 17.0 Å². The lowest BCUT2D eigenvalue weighted by molar-refractivity contribution is 0.252. The van der Waals surface area contributed by atoms with Crippen molar-refractivity contribution in [1.82, 2.24) is 5.32 Å². The molecule has 1 saturated heterocycles. The molecule has 0 spiro atoms. The highest BCUT2D eigenvalue weighted by atomic mass is 32.2. The molecule has 1 fully saturated rings. The number of halogens is 2. The van der Waals surface area contributed by atoms with Gasteiger partial charge < -0.3 is 5.32 Å². The van der Waals surface area contributed by atoms with E-state index in [2.05, 4.69) is 10.0 Å². The third kappa shape index (κ3) is 5.44. The van der Waals surface area contributed by atoms with Gasteiger partial charge in [-0.3, -0.25) is 4.72 Å². The second-order valence-corrected chi connectivity index (χ2v) is 7.70. The van der Waals surface area contributed by atoms with E-state index in [1.54, 1.807) is 12.1 Å². The highest BCUT2D eigenvalue weighted by molar-refractivity contribution is 7.99. The Morgan fingerprint density at radius 3 is 2.76 bits per heavy atom. The Morgan fingerprint density at radius 2 is 2.10 bits per heavy atom. The van der Waals surface area contributed by atoms with Gasteiger partial charge >= 0.3 is 0 Å². The Kier molecular flexibility index (Phi) is 5.83. The lowest BCUT2D eigenvalue weighted by Gasteiger charge is -2.23. The Labute approximate surface area is 127 Å². The van der Waals surface area contributed by atoms with Crippen LogP contribution in [-0.2, 0) is 10.0 Å². The predicted molar refractivity (Wildman–Crippen MR) is 81.4 cm³/mol. The molecule has 0 amide bonds. The van der Waals surface area contributed by atoms with Gasteiger partial charge in [0.25, 0.3) is 5.76 Å². The van der Waals surface area contributed by atoms with Gasteiger partial charge in [0.15, 0.2) is 0 Å². The maximum Gasteiger partial charge on any atom is 0.288 e. The summed E-state index contributed by atoms with van der Waals surface area (Å²) >= 11 is 0.336. The van der Waals surface area contributed by atoms with Crippen LogP contribution in [0.4, 0.5) is 14.5 Å². The van der Waals surface area contributed by atoms with Crippen molar-refractivity contribution < 1.29 is 17.2 Å². The number of hydrogen-bond acceptors (Lipinski definition) is 4. The molecule has 0 saturated carbocycles. The van der Waals surface area contributed by atoms with Crippen LogP contribution < -0.4 is 10.0 Å². The van der Waals surface area contributed by atoms with E-state index in [4.69, 9.17) is 0 Å². The summed E-state index contributed by atoms with van der Waals surface area (Å²) in [5.74, 6) is -2.63. The molecular formula is C13H18F2N2O2S2. The van der Waals surface area contributed by atoms with Gasteiger partial charge in [-0.15, -0.1) is 0 Å². The van der Waals surface area contributed by atoms with Crippen molar-refractivity contribution in [3.8, 4) is 0 Å². The first-order valence-electron chi connectivity index (χ1n) is 6.74. The topological polar surface area (TPSA) is 58.2 Å². The fraction of sp³-hybridized carbons (Fsp3) is 0.538. The van der Waals surface area contributed by atoms with Crippen LogP contribution in [-0.4, -0.2) is 32.5 Å². The van der Waals surface area contributed by atoms with Crippen molar-refractivity contribution in [3.05, 3.63) is 24.3 Å². The van der Waals surface area contributed by atoms with Crippen LogP contribution in [0.5, 0.6) is 0 Å². The van der Waals surface area contributed by atoms with Gasteiger partial charge in [-0.1, -0.05) is 30.3 Å². The standard InChI is InChI=1S/C13H18F2N2O2S2/c14-13(15)20-12-7-2-1-6-11(12)17-21(18,19)9-10-5-3-4-8-16-10/h1-2,6-7,10,13,16-17H,3-5,8-9H2. The van der Waals surface area contributed by atoms with Gasteiger partial charge in [-0.25, -0.2) is 8.42 Å². The van der Waals surface area contributed by atoms with E-state index >= 15 is 0 Å². The summed E-state index contributed by atoms with van der Waals surface area (Å²) in [7, 11) is -3.56. The van der Waals surface area contributed by atoms with E-state index in [1.165, 1.54) is 12.1 Å². The molecule has 1 aliphatic heterocycles. The number of hydrogen-bond donors (Lipinski definition) is 2. The van der Waals surface area contributed by atoms with Crippen LogP contribution in [0.2, 0.25) is 0 Å². The van der Waals surface area contributed by atoms with Gasteiger partial charge in [0, 0.05) is 10.9 Å². The summed E-state index contributed by atoms with van der Waals surface area (Å²) in [5.41, 5.74) is 0.207. The lowest BCUT2D eigenvalue weighted by Crippen LogP contribution is -2.40. The molecular weight excluding hydrogens is 318 g/mol. The van der Waals surface area contributed by atoms with Crippen LogP contribution >= 0.6 is 11.8 Å². The van der Waals surface area contributed by atoms with Crippen molar-refractivity contribution >= 4 is 27.5 Å². The van der Waals surface area contributed by atoms with E-state index < -0.39 is 15.8 Å². The van der Waals surface area contributed by atoms with E-state index in [0.717, 1.165) is 25.8 Å². The first-order chi connectivity index (χ1) is 9.96. The summed E-state index contributed by atoms with van der Waals surface area (Å²) in [6.07, 6.45) is 2.87. The third-order valence-corrected chi connectivity index (χ3v) is 5.36. The molecule has 1 atom stereocenters. The van der Waals surface area contributed by atoms with E-state index in [9.17, 15) is 17.2 Å². The Balaban J connectivity index is 2.05. The van der Waals surface area contributed by atoms with E-state index in [-0.39, 0.29) is 22.4 Å². The van der Waals surface area contributed by atoms with Gasteiger partial charge in [-0.2, -0.15) is 8.78 Å². The van der Waals surface area contributed by atoms with Crippen molar-refractivity contribution in [2.45, 2.75) is 36.0 Å². The van der Waals surface area contributed by atoms with E-state index in [0.29, 0.717) is 11.8 Å². The average Bonchev–Trinajstić information content (AvgIpc) is 2.41. The zero-order chi connectivity index (χ0) is 15.3. The number of thioether (sulfide) groups is 1. The smallest absolute Gasteiger partial charge is 0.288 e. The summed E-state index contributed by atoms with van der Waals surface area (Å²) in [5, 5.41) is 3.16. The largest absolute Gasteiger partial charge is 0.313 e. The predicted octanol–water partition coefficient (Wildman–Crippen LogP) is 2.89. The molecule has 2 rings (SSSR count). The zero-order valence-electron chi connectivity index (χ0n) is 11.4. The zero-order valence-corrected chi connectivity index (χ0v) is 13.0. The number of nitrogens with one attached hydrogen (secondary N) is 2. The maximum atomic E-state index is 12.5. The van der Waals surface area contributed by atoms with Crippen LogP contribution in [0.25, 0.3) is 0 Å². The van der Waals surface area contributed by atoms with Crippen LogP contribution in [0.15, 0.2) is 29.2 Å². The quantitative estimate of drug-likeness (QED) is 0.784. The summed E-state index contributed by atoms with van der Waals surface area (Å²) in [6.45, 7) is 0.817. The molecule has 118 valence electrons. The molecule has 21 heavy (non-hydrogen) atoms. The Morgan fingerprint density at radius 1 is 1.33 bits per heavy atom. The van der Waals surface area contributed by atoms with Gasteiger partial charge in [0.2, 0.25) is 10.0 Å². The highest BCUT2D eigenvalue weighted by Gasteiger charge is 2.22. The molecule has 0 aliphatic carbocycles. The second-order valence-electron chi connectivity index (χ2n) is 4.90. The summed E-state index contributed by atoms with van der Waals surface area (Å²) in [6, 6.07) is 6.12. The first kappa shape index (κ1) is 16.5. The molecule has 1 aliphatic rings. The fourth-order valence-electron chi connectivity index (χ4n) is 2.29. The normalized spacial score (nSPS) is 19.7. The second kappa shape index (κ2) is 7.42. The molecule has 1 unspecified atom stereocenters. The molecule has 0 radical (unpaired) electrons. The van der Waals surface area contributed by atoms with Crippen LogP contribution in [0.3, 0.4) is 0 Å². The minimum atomic E-state index is -3.56. The molecule has 1 aromatic carbocycles. The third-order valence-electron chi connectivity index (χ3n) is 3.20. The number of anilines is 1. The Bertz CT molecular complexity index is 561. The molecule has 1 aromatic rings. The van der Waals surface area contributed by atoms with E-state index in [1.807, 2.05) is 0 Å². The minimum absolute atomic E-state index is 0.0410. The van der Waals surface area contributed by atoms with Gasteiger partial charge in [0.05, 0.1) is 11.4 Å². The van der Waals surface area contributed by atoms with Crippen molar-refractivity contribution in [3.63, 3.8) is 0 Å². The molecule has 1 heterocycles. The molecule has 8 heteroatoms. The molecule has 0 bridgehead atoms. The van der Waals surface area contributed by atoms with Crippen LogP contribution in [0, 0.1) is 0 Å². The van der Waals surface area contributed by atoms with Gasteiger partial charge in [0.1, 0.15) is 0 Å². The number of alkyl halides is 2. The summed E-state index contributed by atoms with van der Waals surface area (Å²) < 4.78 is 51.7. The number of benzene rings is 1. The van der Waals surface area contributed by atoms with Crippen molar-refractivity contribution in [2.24, 2.45) is 0 Å². The first-order valence-corrected chi connectivity index (χ1v) is 9.27. The van der Waals surface area contributed by atoms with Gasteiger partial charge in [-0.05, 0) is 31.5 Å². The summed E-state index contributed by atoms with van der Waals surface area (Å²) in [4.78, 5) is 0.229. The number of rotatable bonds is 6. The molecule has 2 N–H and O–H groups in total.